The third-order valence-electron chi connectivity index (χ3n) is 3.63. The molecule has 1 aliphatic rings. The first-order valence-corrected chi connectivity index (χ1v) is 8.22. The van der Waals surface area contributed by atoms with Gasteiger partial charge in [0, 0.05) is 26.2 Å². The molecule has 1 rings (SSSR count). The molecule has 1 fully saturated rings. The van der Waals surface area contributed by atoms with E-state index in [1.807, 2.05) is 6.26 Å². The molecule has 0 aromatic heterocycles. The number of likely N-dealkylation sites (N-methyl/N-ethyl adjacent to an activating group) is 1. The van der Waals surface area contributed by atoms with E-state index >= 15 is 0 Å². The fourth-order valence-electron chi connectivity index (χ4n) is 2.25. The van der Waals surface area contributed by atoms with E-state index in [1.165, 1.54) is 11.8 Å². The Hall–Kier alpha value is -0.790. The van der Waals surface area contributed by atoms with Crippen molar-refractivity contribution in [3.63, 3.8) is 0 Å². The summed E-state index contributed by atoms with van der Waals surface area (Å²) in [5.74, 6) is 1.22. The smallest absolute Gasteiger partial charge is 0.263 e. The molecule has 6 nitrogen and oxygen atoms in total. The van der Waals surface area contributed by atoms with Crippen LogP contribution in [-0.4, -0.2) is 55.5 Å². The molecule has 2 atom stereocenters. The van der Waals surface area contributed by atoms with Crippen LogP contribution < -0.4 is 5.32 Å². The van der Waals surface area contributed by atoms with Crippen molar-refractivity contribution in [2.24, 2.45) is 11.8 Å². The SMILES string of the molecule is CCN(CCNC(=C[N+](=O)[O-])SC)CC1COCC1C. The van der Waals surface area contributed by atoms with Crippen molar-refractivity contribution < 1.29 is 9.66 Å². The van der Waals surface area contributed by atoms with Crippen LogP contribution in [0.2, 0.25) is 0 Å². The van der Waals surface area contributed by atoms with Crippen molar-refractivity contribution in [1.82, 2.24) is 10.2 Å². The molecule has 2 unspecified atom stereocenters. The summed E-state index contributed by atoms with van der Waals surface area (Å²) in [5, 5.41) is 14.2. The molecule has 0 aliphatic carbocycles. The zero-order chi connectivity index (χ0) is 15.0. The topological polar surface area (TPSA) is 67.6 Å². The fraction of sp³-hybridized carbons (Fsp3) is 0.846. The third-order valence-corrected chi connectivity index (χ3v) is 4.32. The van der Waals surface area contributed by atoms with Crippen molar-refractivity contribution in [3.8, 4) is 0 Å². The quantitative estimate of drug-likeness (QED) is 0.516. The van der Waals surface area contributed by atoms with E-state index in [-0.39, 0.29) is 0 Å². The number of hydrogen-bond donors (Lipinski definition) is 1. The first-order chi connectivity index (χ1) is 9.56. The minimum Gasteiger partial charge on any atom is -0.381 e. The van der Waals surface area contributed by atoms with Gasteiger partial charge in [0.15, 0.2) is 0 Å². The number of ether oxygens (including phenoxy) is 1. The lowest BCUT2D eigenvalue weighted by Crippen LogP contribution is -2.36. The van der Waals surface area contributed by atoms with Crippen molar-refractivity contribution in [3.05, 3.63) is 21.3 Å². The van der Waals surface area contributed by atoms with Crippen LogP contribution in [0.25, 0.3) is 0 Å². The summed E-state index contributed by atoms with van der Waals surface area (Å²) in [7, 11) is 0. The van der Waals surface area contributed by atoms with E-state index in [1.54, 1.807) is 0 Å². The Balaban J connectivity index is 2.32. The highest BCUT2D eigenvalue weighted by atomic mass is 32.2. The van der Waals surface area contributed by atoms with Crippen molar-refractivity contribution in [2.45, 2.75) is 13.8 Å². The number of nitro groups is 1. The molecule has 0 aromatic carbocycles. The van der Waals surface area contributed by atoms with E-state index in [4.69, 9.17) is 4.74 Å². The van der Waals surface area contributed by atoms with Crippen LogP contribution >= 0.6 is 11.8 Å². The molecule has 0 saturated carbocycles. The maximum atomic E-state index is 10.4. The average Bonchev–Trinajstić information content (AvgIpc) is 2.81. The van der Waals surface area contributed by atoms with E-state index in [0.717, 1.165) is 45.6 Å². The molecule has 0 amide bonds. The molecule has 1 heterocycles. The van der Waals surface area contributed by atoms with Gasteiger partial charge in [0.1, 0.15) is 5.03 Å². The third kappa shape index (κ3) is 6.11. The molecule has 1 saturated heterocycles. The predicted octanol–water partition coefficient (Wildman–Crippen LogP) is 1.62. The molecule has 0 spiro atoms. The first-order valence-electron chi connectivity index (χ1n) is 7.00. The molecule has 20 heavy (non-hydrogen) atoms. The van der Waals surface area contributed by atoms with Crippen molar-refractivity contribution in [1.29, 1.82) is 0 Å². The van der Waals surface area contributed by atoms with Gasteiger partial charge in [-0.2, -0.15) is 0 Å². The minimum atomic E-state index is -0.423. The van der Waals surface area contributed by atoms with Crippen molar-refractivity contribution >= 4 is 11.8 Å². The van der Waals surface area contributed by atoms with Gasteiger partial charge >= 0.3 is 0 Å². The lowest BCUT2D eigenvalue weighted by molar-refractivity contribution is -0.403. The van der Waals surface area contributed by atoms with Gasteiger partial charge < -0.3 is 15.0 Å². The lowest BCUT2D eigenvalue weighted by Gasteiger charge is -2.25. The normalized spacial score (nSPS) is 23.3. The predicted molar refractivity (Wildman–Crippen MR) is 82.2 cm³/mol. The zero-order valence-corrected chi connectivity index (χ0v) is 13.3. The van der Waals surface area contributed by atoms with Gasteiger partial charge in [-0.1, -0.05) is 13.8 Å². The Morgan fingerprint density at radius 1 is 1.60 bits per heavy atom. The second-order valence-electron chi connectivity index (χ2n) is 5.08. The second kappa shape index (κ2) is 9.20. The van der Waals surface area contributed by atoms with Gasteiger partial charge in [-0.3, -0.25) is 10.1 Å². The summed E-state index contributed by atoms with van der Waals surface area (Å²) in [5.41, 5.74) is 0. The van der Waals surface area contributed by atoms with Crippen molar-refractivity contribution in [2.75, 3.05) is 45.6 Å². The van der Waals surface area contributed by atoms with E-state index in [0.29, 0.717) is 16.9 Å². The van der Waals surface area contributed by atoms with Crippen LogP contribution in [0.1, 0.15) is 13.8 Å². The number of rotatable bonds is 9. The molecule has 0 aromatic rings. The lowest BCUT2D eigenvalue weighted by atomic mass is 9.97. The molecule has 1 N–H and O–H groups in total. The minimum absolute atomic E-state index is 0.423. The highest BCUT2D eigenvalue weighted by molar-refractivity contribution is 8.02. The molecule has 1 aliphatic heterocycles. The maximum absolute atomic E-state index is 10.4. The maximum Gasteiger partial charge on any atom is 0.263 e. The van der Waals surface area contributed by atoms with Crippen LogP contribution in [0.4, 0.5) is 0 Å². The summed E-state index contributed by atoms with van der Waals surface area (Å²) in [6.07, 6.45) is 2.85. The largest absolute Gasteiger partial charge is 0.381 e. The Morgan fingerprint density at radius 3 is 2.85 bits per heavy atom. The Labute approximate surface area is 125 Å². The second-order valence-corrected chi connectivity index (χ2v) is 5.93. The number of nitrogens with zero attached hydrogens (tertiary/aromatic N) is 2. The van der Waals surface area contributed by atoms with Gasteiger partial charge in [0.05, 0.1) is 11.5 Å². The Morgan fingerprint density at radius 2 is 2.35 bits per heavy atom. The summed E-state index contributed by atoms with van der Waals surface area (Å²) < 4.78 is 5.49. The number of nitrogens with one attached hydrogen (secondary N) is 1. The summed E-state index contributed by atoms with van der Waals surface area (Å²) in [6, 6.07) is 0. The number of thioether (sulfide) groups is 1. The monoisotopic (exact) mass is 303 g/mol. The van der Waals surface area contributed by atoms with Crippen LogP contribution in [0, 0.1) is 22.0 Å². The molecular weight excluding hydrogens is 278 g/mol. The Kier molecular flexibility index (Phi) is 7.94. The van der Waals surface area contributed by atoms with E-state index < -0.39 is 4.92 Å². The number of hydrogen-bond acceptors (Lipinski definition) is 6. The highest BCUT2D eigenvalue weighted by Crippen LogP contribution is 2.20. The zero-order valence-electron chi connectivity index (χ0n) is 12.5. The standard InChI is InChI=1S/C13H25N3O3S/c1-4-15(7-12-10-19-9-11(12)2)6-5-14-13(20-3)8-16(17)18/h8,11-12,14H,4-7,9-10H2,1-3H3. The summed E-state index contributed by atoms with van der Waals surface area (Å²) in [6.45, 7) is 9.71. The first kappa shape index (κ1) is 17.3. The van der Waals surface area contributed by atoms with Gasteiger partial charge in [0.25, 0.3) is 6.20 Å². The molecule has 7 heteroatoms. The van der Waals surface area contributed by atoms with Gasteiger partial charge in [-0.15, -0.1) is 11.8 Å². The van der Waals surface area contributed by atoms with Crippen LogP contribution in [0.15, 0.2) is 11.2 Å². The van der Waals surface area contributed by atoms with Gasteiger partial charge in [-0.05, 0) is 24.6 Å². The molecular formula is C13H25N3O3S. The van der Waals surface area contributed by atoms with E-state index in [2.05, 4.69) is 24.1 Å². The van der Waals surface area contributed by atoms with Crippen LogP contribution in [-0.2, 0) is 4.74 Å². The Bertz CT molecular complexity index is 339. The van der Waals surface area contributed by atoms with Gasteiger partial charge in [0.2, 0.25) is 0 Å². The van der Waals surface area contributed by atoms with Crippen LogP contribution in [0.3, 0.4) is 0 Å². The highest BCUT2D eigenvalue weighted by Gasteiger charge is 2.25. The van der Waals surface area contributed by atoms with Gasteiger partial charge in [-0.25, -0.2) is 0 Å². The average molecular weight is 303 g/mol. The van der Waals surface area contributed by atoms with E-state index in [9.17, 15) is 10.1 Å². The molecule has 116 valence electrons. The molecule has 0 bridgehead atoms. The summed E-state index contributed by atoms with van der Waals surface area (Å²) in [4.78, 5) is 12.4. The molecule has 0 radical (unpaired) electrons. The van der Waals surface area contributed by atoms with Crippen LogP contribution in [0.5, 0.6) is 0 Å². The summed E-state index contributed by atoms with van der Waals surface area (Å²) >= 11 is 1.36. The fourth-order valence-corrected chi connectivity index (χ4v) is 2.69.